The second-order valence-electron chi connectivity index (χ2n) is 8.48. The Balaban J connectivity index is 1.68. The van der Waals surface area contributed by atoms with Gasteiger partial charge in [0.15, 0.2) is 5.82 Å². The van der Waals surface area contributed by atoms with Crippen LogP contribution < -0.4 is 9.80 Å². The highest BCUT2D eigenvalue weighted by atomic mass is 79.9. The second-order valence-corrected chi connectivity index (χ2v) is 9.39. The van der Waals surface area contributed by atoms with Crippen LogP contribution in [0.25, 0.3) is 0 Å². The lowest BCUT2D eigenvalue weighted by atomic mass is 9.83. The minimum atomic E-state index is -0.487. The van der Waals surface area contributed by atoms with Gasteiger partial charge in [-0.1, -0.05) is 0 Å². The van der Waals surface area contributed by atoms with Gasteiger partial charge in [-0.15, -0.1) is 0 Å². The number of piperazine rings is 1. The molecule has 3 heterocycles. The van der Waals surface area contributed by atoms with E-state index in [0.29, 0.717) is 39.3 Å². The van der Waals surface area contributed by atoms with Crippen molar-refractivity contribution >= 4 is 33.5 Å². The maximum atomic E-state index is 12.3. The van der Waals surface area contributed by atoms with Gasteiger partial charge in [0.2, 0.25) is 0 Å². The first-order valence-corrected chi connectivity index (χ1v) is 9.94. The lowest BCUT2D eigenvalue weighted by molar-refractivity contribution is 0.0240. The monoisotopic (exact) mass is 435 g/mol. The third-order valence-electron chi connectivity index (χ3n) is 4.74. The maximum Gasteiger partial charge on any atom is 0.410 e. The van der Waals surface area contributed by atoms with E-state index in [1.165, 1.54) is 0 Å². The molecule has 8 heteroatoms. The Morgan fingerprint density at radius 1 is 1.26 bits per heavy atom. The minimum Gasteiger partial charge on any atom is -0.444 e. The summed E-state index contributed by atoms with van der Waals surface area (Å²) in [7, 11) is 0. The lowest BCUT2D eigenvalue weighted by Gasteiger charge is -2.46. The summed E-state index contributed by atoms with van der Waals surface area (Å²) in [4.78, 5) is 23.0. The molecule has 0 aromatic carbocycles. The smallest absolute Gasteiger partial charge is 0.410 e. The molecule has 2 aliphatic rings. The van der Waals surface area contributed by atoms with Gasteiger partial charge in [-0.25, -0.2) is 9.78 Å². The van der Waals surface area contributed by atoms with E-state index < -0.39 is 5.60 Å². The zero-order valence-corrected chi connectivity index (χ0v) is 17.9. The largest absolute Gasteiger partial charge is 0.444 e. The van der Waals surface area contributed by atoms with Crippen molar-refractivity contribution in [2.24, 2.45) is 5.41 Å². The number of hydrogen-bond donors (Lipinski definition) is 0. The van der Waals surface area contributed by atoms with Crippen molar-refractivity contribution in [2.75, 3.05) is 49.1 Å². The van der Waals surface area contributed by atoms with Crippen molar-refractivity contribution < 1.29 is 9.53 Å². The highest BCUT2D eigenvalue weighted by molar-refractivity contribution is 9.10. The summed E-state index contributed by atoms with van der Waals surface area (Å²) in [6.07, 6.45) is 1.53. The average Bonchev–Trinajstić information content (AvgIpc) is 2.57. The fourth-order valence-electron chi connectivity index (χ4n) is 3.36. The quantitative estimate of drug-likeness (QED) is 0.709. The van der Waals surface area contributed by atoms with Crippen LogP contribution in [0.2, 0.25) is 0 Å². The number of ether oxygens (including phenoxy) is 1. The number of carbonyl (C=O) groups excluding carboxylic acids is 1. The molecule has 0 unspecified atom stereocenters. The summed E-state index contributed by atoms with van der Waals surface area (Å²) >= 11 is 3.50. The Kier molecular flexibility index (Phi) is 5.26. The molecule has 0 radical (unpaired) electrons. The fourth-order valence-corrected chi connectivity index (χ4v) is 3.68. The SMILES string of the molecule is CC1(C#N)CN(c2cc(Br)cnc2N2CCN(C(=O)OC(C)(C)C)CC2)C1. The number of carbonyl (C=O) groups is 1. The van der Waals surface area contributed by atoms with Crippen molar-refractivity contribution in [2.45, 2.75) is 33.3 Å². The van der Waals surface area contributed by atoms with Crippen LogP contribution in [-0.2, 0) is 4.74 Å². The van der Waals surface area contributed by atoms with Gasteiger partial charge in [0, 0.05) is 49.9 Å². The minimum absolute atomic E-state index is 0.265. The van der Waals surface area contributed by atoms with E-state index in [1.807, 2.05) is 27.7 Å². The van der Waals surface area contributed by atoms with E-state index in [0.717, 1.165) is 16.0 Å². The van der Waals surface area contributed by atoms with Crippen molar-refractivity contribution in [3.63, 3.8) is 0 Å². The van der Waals surface area contributed by atoms with Crippen LogP contribution in [0.4, 0.5) is 16.3 Å². The molecule has 0 spiro atoms. The van der Waals surface area contributed by atoms with Crippen molar-refractivity contribution in [1.29, 1.82) is 5.26 Å². The van der Waals surface area contributed by atoms with Gasteiger partial charge >= 0.3 is 6.09 Å². The Morgan fingerprint density at radius 2 is 1.89 bits per heavy atom. The number of pyridine rings is 1. The van der Waals surface area contributed by atoms with Crippen LogP contribution in [-0.4, -0.2) is 60.8 Å². The number of amides is 1. The summed E-state index contributed by atoms with van der Waals surface area (Å²) in [6, 6.07) is 4.44. The first-order valence-electron chi connectivity index (χ1n) is 9.15. The lowest BCUT2D eigenvalue weighted by Crippen LogP contribution is -2.55. The second kappa shape index (κ2) is 7.19. The van der Waals surface area contributed by atoms with Gasteiger partial charge < -0.3 is 19.4 Å². The molecule has 27 heavy (non-hydrogen) atoms. The van der Waals surface area contributed by atoms with Crippen LogP contribution in [0, 0.1) is 16.7 Å². The van der Waals surface area contributed by atoms with Crippen LogP contribution in [0.15, 0.2) is 16.7 Å². The molecule has 2 saturated heterocycles. The van der Waals surface area contributed by atoms with Gasteiger partial charge in [0.25, 0.3) is 0 Å². The third-order valence-corrected chi connectivity index (χ3v) is 5.17. The number of halogens is 1. The van der Waals surface area contributed by atoms with E-state index in [1.54, 1.807) is 11.1 Å². The number of rotatable bonds is 2. The normalized spacial score (nSPS) is 19.3. The van der Waals surface area contributed by atoms with Gasteiger partial charge in [0.05, 0.1) is 17.2 Å². The highest BCUT2D eigenvalue weighted by Gasteiger charge is 2.41. The average molecular weight is 436 g/mol. The Morgan fingerprint density at radius 3 is 2.44 bits per heavy atom. The van der Waals surface area contributed by atoms with E-state index in [-0.39, 0.29) is 11.5 Å². The standard InChI is InChI=1S/C19H26BrN5O2/c1-18(2,3)27-17(26)24-7-5-23(6-8-24)16-15(9-14(20)10-22-16)25-12-19(4,11-21)13-25/h9-10H,5-8,12-13H2,1-4H3. The van der Waals surface area contributed by atoms with E-state index in [4.69, 9.17) is 4.74 Å². The topological polar surface area (TPSA) is 72.7 Å². The van der Waals surface area contributed by atoms with E-state index in [9.17, 15) is 10.1 Å². The zero-order valence-electron chi connectivity index (χ0n) is 16.3. The summed E-state index contributed by atoms with van der Waals surface area (Å²) in [5, 5.41) is 9.28. The molecule has 0 atom stereocenters. The predicted molar refractivity (Wildman–Crippen MR) is 108 cm³/mol. The molecule has 7 nitrogen and oxygen atoms in total. The van der Waals surface area contributed by atoms with Crippen molar-refractivity contribution in [3.8, 4) is 6.07 Å². The summed E-state index contributed by atoms with van der Waals surface area (Å²) in [5.74, 6) is 0.905. The number of anilines is 2. The van der Waals surface area contributed by atoms with Crippen molar-refractivity contribution in [3.05, 3.63) is 16.7 Å². The molecule has 1 aromatic heterocycles. The molecule has 0 saturated carbocycles. The first-order chi connectivity index (χ1) is 12.6. The number of aromatic nitrogens is 1. The Bertz CT molecular complexity index is 756. The van der Waals surface area contributed by atoms with E-state index in [2.05, 4.69) is 42.8 Å². The summed E-state index contributed by atoms with van der Waals surface area (Å²) in [5.41, 5.74) is 0.247. The molecule has 146 valence electrons. The van der Waals surface area contributed by atoms with Gasteiger partial charge in [0.1, 0.15) is 5.60 Å². The molecular weight excluding hydrogens is 410 g/mol. The van der Waals surface area contributed by atoms with Crippen LogP contribution >= 0.6 is 15.9 Å². The maximum absolute atomic E-state index is 12.3. The summed E-state index contributed by atoms with van der Waals surface area (Å²) in [6.45, 7) is 11.6. The zero-order chi connectivity index (χ0) is 19.8. The van der Waals surface area contributed by atoms with Gasteiger partial charge in [-0.2, -0.15) is 5.26 Å². The molecule has 2 aliphatic heterocycles. The van der Waals surface area contributed by atoms with E-state index >= 15 is 0 Å². The van der Waals surface area contributed by atoms with Gasteiger partial charge in [-0.3, -0.25) is 0 Å². The van der Waals surface area contributed by atoms with Crippen LogP contribution in [0.3, 0.4) is 0 Å². The van der Waals surface area contributed by atoms with Crippen LogP contribution in [0.1, 0.15) is 27.7 Å². The third kappa shape index (κ3) is 4.46. The molecule has 0 aliphatic carbocycles. The molecule has 1 aromatic rings. The highest BCUT2D eigenvalue weighted by Crippen LogP contribution is 2.39. The number of nitrogens with zero attached hydrogens (tertiary/aromatic N) is 5. The fraction of sp³-hybridized carbons (Fsp3) is 0.632. The Labute approximate surface area is 169 Å². The predicted octanol–water partition coefficient (Wildman–Crippen LogP) is 3.25. The molecule has 2 fully saturated rings. The van der Waals surface area contributed by atoms with Crippen molar-refractivity contribution in [1.82, 2.24) is 9.88 Å². The summed E-state index contributed by atoms with van der Waals surface area (Å²) < 4.78 is 6.38. The molecule has 1 amide bonds. The Hall–Kier alpha value is -2.01. The van der Waals surface area contributed by atoms with Crippen LogP contribution in [0.5, 0.6) is 0 Å². The first kappa shape index (κ1) is 19.7. The molecule has 0 N–H and O–H groups in total. The molecular formula is C19H26BrN5O2. The van der Waals surface area contributed by atoms with Gasteiger partial charge in [-0.05, 0) is 49.7 Å². The number of hydrogen-bond acceptors (Lipinski definition) is 6. The molecule has 0 bridgehead atoms. The number of nitriles is 1. The molecule has 3 rings (SSSR count).